The van der Waals surface area contributed by atoms with Crippen LogP contribution in [-0.4, -0.2) is 25.7 Å². The van der Waals surface area contributed by atoms with Crippen molar-refractivity contribution in [3.63, 3.8) is 0 Å². The molecule has 40 heavy (non-hydrogen) atoms. The van der Waals surface area contributed by atoms with Crippen molar-refractivity contribution >= 4 is 45.8 Å². The number of alkyl halides is 3. The first-order chi connectivity index (χ1) is 19.1. The molecule has 11 heteroatoms. The minimum Gasteiger partial charge on any atom is -0.490 e. The van der Waals surface area contributed by atoms with Gasteiger partial charge in [-0.2, -0.15) is 13.2 Å². The summed E-state index contributed by atoms with van der Waals surface area (Å²) in [6.07, 6.45) is -4.46. The third kappa shape index (κ3) is 6.96. The van der Waals surface area contributed by atoms with Gasteiger partial charge in [0.2, 0.25) is 5.91 Å². The van der Waals surface area contributed by atoms with Gasteiger partial charge in [0.15, 0.2) is 0 Å². The van der Waals surface area contributed by atoms with E-state index in [-0.39, 0.29) is 27.8 Å². The second-order valence-corrected chi connectivity index (χ2v) is 9.60. The first kappa shape index (κ1) is 29.5. The van der Waals surface area contributed by atoms with Gasteiger partial charge < -0.3 is 19.2 Å². The lowest BCUT2D eigenvalue weighted by atomic mass is 9.95. The van der Waals surface area contributed by atoms with Gasteiger partial charge in [-0.1, -0.05) is 60.5 Å². The predicted octanol–water partition coefficient (Wildman–Crippen LogP) is 7.77. The van der Waals surface area contributed by atoms with Crippen molar-refractivity contribution < 1.29 is 31.9 Å². The molecule has 0 radical (unpaired) electrons. The zero-order valence-corrected chi connectivity index (χ0v) is 22.8. The molecule has 210 valence electrons. The van der Waals surface area contributed by atoms with Crippen LogP contribution in [0.25, 0.3) is 22.1 Å². The van der Waals surface area contributed by atoms with Crippen LogP contribution in [0.3, 0.4) is 0 Å². The number of anilines is 1. The first-order valence-electron chi connectivity index (χ1n) is 12.3. The number of rotatable bonds is 10. The Balaban J connectivity index is 1.75. The largest absolute Gasteiger partial charge is 0.490 e. The number of ether oxygens (including phenoxy) is 2. The normalized spacial score (nSPS) is 11.6. The number of nitrogens with one attached hydrogen (secondary N) is 1. The maximum Gasteiger partial charge on any atom is 0.418 e. The topological polar surface area (TPSA) is 77.8 Å². The van der Waals surface area contributed by atoms with Crippen molar-refractivity contribution in [2.45, 2.75) is 25.9 Å². The van der Waals surface area contributed by atoms with E-state index in [1.807, 2.05) is 6.92 Å². The number of hydrogen-bond acceptors (Lipinski definition) is 5. The molecular weight excluding hydrogens is 570 g/mol. The van der Waals surface area contributed by atoms with E-state index in [1.165, 1.54) is 12.1 Å². The second kappa shape index (κ2) is 12.8. The Bertz CT molecular complexity index is 1570. The summed E-state index contributed by atoms with van der Waals surface area (Å²) in [5.41, 5.74) is -1.35. The monoisotopic (exact) mass is 593 g/mol. The molecule has 3 aromatic carbocycles. The van der Waals surface area contributed by atoms with Crippen LogP contribution in [0.4, 0.5) is 18.9 Å². The molecule has 0 atom stereocenters. The number of carbonyl (C=O) groups is 1. The Kier molecular flexibility index (Phi) is 9.40. The Labute approximate surface area is 237 Å². The van der Waals surface area contributed by atoms with E-state index in [9.17, 15) is 22.8 Å². The number of fused-ring (bicyclic) bond motifs is 1. The molecule has 1 heterocycles. The van der Waals surface area contributed by atoms with Crippen LogP contribution in [0.2, 0.25) is 10.0 Å². The highest BCUT2D eigenvalue weighted by molar-refractivity contribution is 6.33. The van der Waals surface area contributed by atoms with Crippen molar-refractivity contribution in [3.05, 3.63) is 92.3 Å². The van der Waals surface area contributed by atoms with Gasteiger partial charge in [-0.3, -0.25) is 4.79 Å². The van der Waals surface area contributed by atoms with Gasteiger partial charge in [0.05, 0.1) is 34.9 Å². The summed E-state index contributed by atoms with van der Waals surface area (Å²) in [6, 6.07) is 14.8. The zero-order chi connectivity index (χ0) is 28.9. The summed E-state index contributed by atoms with van der Waals surface area (Å²) in [5.74, 6) is -0.540. The molecule has 0 bridgehead atoms. The van der Waals surface area contributed by atoms with E-state index in [1.54, 1.807) is 36.4 Å². The van der Waals surface area contributed by atoms with Gasteiger partial charge >= 0.3 is 11.8 Å². The molecular formula is C29H24Cl2F3NO5. The minimum absolute atomic E-state index is 0.0433. The molecule has 1 N–H and O–H groups in total. The maximum absolute atomic E-state index is 13.5. The van der Waals surface area contributed by atoms with Crippen molar-refractivity contribution in [3.8, 4) is 16.9 Å². The molecule has 0 aliphatic carbocycles. The SMILES string of the molecule is CCCOCCOc1cc2c(-c3ccccc3)c(CC(=O)Nc3ccc(Cl)cc3C(F)(F)F)c(=O)oc2cc1Cl. The zero-order valence-electron chi connectivity index (χ0n) is 21.2. The van der Waals surface area contributed by atoms with Crippen LogP contribution in [0.5, 0.6) is 5.75 Å². The summed E-state index contributed by atoms with van der Waals surface area (Å²) in [7, 11) is 0. The molecule has 4 aromatic rings. The highest BCUT2D eigenvalue weighted by Gasteiger charge is 2.34. The Morgan fingerprint density at radius 3 is 2.45 bits per heavy atom. The molecule has 0 aliphatic heterocycles. The molecule has 0 saturated carbocycles. The lowest BCUT2D eigenvalue weighted by Crippen LogP contribution is -2.22. The summed E-state index contributed by atoms with van der Waals surface area (Å²) in [5, 5.41) is 2.76. The fourth-order valence-electron chi connectivity index (χ4n) is 4.12. The molecule has 1 aromatic heterocycles. The summed E-state index contributed by atoms with van der Waals surface area (Å²) in [4.78, 5) is 26.1. The van der Waals surface area contributed by atoms with Crippen molar-refractivity contribution in [2.24, 2.45) is 0 Å². The van der Waals surface area contributed by atoms with E-state index in [0.717, 1.165) is 18.6 Å². The molecule has 0 unspecified atom stereocenters. The second-order valence-electron chi connectivity index (χ2n) is 8.76. The van der Waals surface area contributed by atoms with Crippen LogP contribution in [0.15, 0.2) is 69.9 Å². The van der Waals surface area contributed by atoms with Crippen molar-refractivity contribution in [1.82, 2.24) is 0 Å². The minimum atomic E-state index is -4.76. The fourth-order valence-corrected chi connectivity index (χ4v) is 4.50. The van der Waals surface area contributed by atoms with Gasteiger partial charge in [-0.05, 0) is 36.2 Å². The van der Waals surface area contributed by atoms with Gasteiger partial charge in [-0.25, -0.2) is 4.79 Å². The number of hydrogen-bond donors (Lipinski definition) is 1. The van der Waals surface area contributed by atoms with E-state index >= 15 is 0 Å². The molecule has 1 amide bonds. The van der Waals surface area contributed by atoms with Crippen LogP contribution < -0.4 is 15.7 Å². The summed E-state index contributed by atoms with van der Waals surface area (Å²) >= 11 is 12.1. The Hall–Kier alpha value is -3.53. The highest BCUT2D eigenvalue weighted by atomic mass is 35.5. The summed E-state index contributed by atoms with van der Waals surface area (Å²) < 4.78 is 57.4. The molecule has 0 aliphatic rings. The van der Waals surface area contributed by atoms with Gasteiger partial charge in [0.25, 0.3) is 0 Å². The van der Waals surface area contributed by atoms with Crippen LogP contribution in [0, 0.1) is 0 Å². The summed E-state index contributed by atoms with van der Waals surface area (Å²) in [6.45, 7) is 3.14. The van der Waals surface area contributed by atoms with Crippen molar-refractivity contribution in [1.29, 1.82) is 0 Å². The van der Waals surface area contributed by atoms with Crippen LogP contribution in [0.1, 0.15) is 24.5 Å². The smallest absolute Gasteiger partial charge is 0.418 e. The van der Waals surface area contributed by atoms with Crippen LogP contribution >= 0.6 is 23.2 Å². The molecule has 0 fully saturated rings. The predicted molar refractivity (Wildman–Crippen MR) is 148 cm³/mol. The maximum atomic E-state index is 13.5. The van der Waals surface area contributed by atoms with E-state index < -0.39 is 35.4 Å². The van der Waals surface area contributed by atoms with Gasteiger partial charge in [0.1, 0.15) is 17.9 Å². The van der Waals surface area contributed by atoms with Gasteiger partial charge in [0, 0.05) is 28.6 Å². The van der Waals surface area contributed by atoms with Crippen molar-refractivity contribution in [2.75, 3.05) is 25.1 Å². The quantitative estimate of drug-likeness (QED) is 0.150. The average Bonchev–Trinajstić information content (AvgIpc) is 2.90. The molecule has 6 nitrogen and oxygen atoms in total. The van der Waals surface area contributed by atoms with E-state index in [4.69, 9.17) is 37.1 Å². The number of benzene rings is 3. The number of amides is 1. The fraction of sp³-hybridized carbons (Fsp3) is 0.241. The third-order valence-electron chi connectivity index (χ3n) is 5.85. The van der Waals surface area contributed by atoms with E-state index in [2.05, 4.69) is 5.32 Å². The lowest BCUT2D eigenvalue weighted by Gasteiger charge is -2.16. The Morgan fingerprint density at radius 1 is 1.00 bits per heavy atom. The van der Waals surface area contributed by atoms with E-state index in [0.29, 0.717) is 35.5 Å². The lowest BCUT2D eigenvalue weighted by molar-refractivity contribution is -0.137. The molecule has 0 spiro atoms. The Morgan fingerprint density at radius 2 is 1.75 bits per heavy atom. The number of carbonyl (C=O) groups excluding carboxylic acids is 1. The number of halogens is 5. The standard InChI is InChI=1S/C29H24Cl2F3NO5/c1-2-10-38-11-12-39-25-14-19-24(16-22(25)31)40-28(37)20(27(19)17-6-4-3-5-7-17)15-26(36)35-23-9-8-18(30)13-21(23)29(32,33)34/h3-9,13-14,16H,2,10-12,15H2,1H3,(H,35,36). The van der Waals surface area contributed by atoms with Gasteiger partial charge in [-0.15, -0.1) is 0 Å². The third-order valence-corrected chi connectivity index (χ3v) is 6.38. The van der Waals surface area contributed by atoms with Crippen LogP contribution in [-0.2, 0) is 22.1 Å². The highest BCUT2D eigenvalue weighted by Crippen LogP contribution is 2.38. The molecule has 0 saturated heterocycles. The molecule has 4 rings (SSSR count). The first-order valence-corrected chi connectivity index (χ1v) is 13.1. The average molecular weight is 594 g/mol.